The molecule has 3 rings (SSSR count). The first-order valence-electron chi connectivity index (χ1n) is 7.27. The van der Waals surface area contributed by atoms with E-state index in [1.807, 2.05) is 65.9 Å². The molecule has 22 heavy (non-hydrogen) atoms. The van der Waals surface area contributed by atoms with Gasteiger partial charge in [0.2, 0.25) is 5.91 Å². The fraction of sp³-hybridized carbons (Fsp3) is 0.375. The molecule has 1 amide bonds. The van der Waals surface area contributed by atoms with Gasteiger partial charge >= 0.3 is 0 Å². The van der Waals surface area contributed by atoms with Crippen molar-refractivity contribution in [2.45, 2.75) is 12.6 Å². The van der Waals surface area contributed by atoms with Crippen molar-refractivity contribution in [3.05, 3.63) is 48.3 Å². The van der Waals surface area contributed by atoms with Gasteiger partial charge in [0.15, 0.2) is 0 Å². The topological polar surface area (TPSA) is 41.4 Å². The normalized spacial score (nSPS) is 18.5. The molecule has 0 radical (unpaired) electrons. The Bertz CT molecular complexity index is 643. The van der Waals surface area contributed by atoms with E-state index < -0.39 is 0 Å². The predicted octanol–water partition coefficient (Wildman–Crippen LogP) is 1.84. The van der Waals surface area contributed by atoms with Gasteiger partial charge in [-0.2, -0.15) is 5.10 Å². The molecular formula is C16H20N4OS. The zero-order valence-corrected chi connectivity index (χ0v) is 13.7. The molecule has 2 aromatic rings. The smallest absolute Gasteiger partial charge is 0.240 e. The van der Waals surface area contributed by atoms with Crippen molar-refractivity contribution in [2.24, 2.45) is 0 Å². The number of rotatable bonds is 4. The van der Waals surface area contributed by atoms with Crippen molar-refractivity contribution < 1.29 is 4.79 Å². The van der Waals surface area contributed by atoms with E-state index in [4.69, 9.17) is 0 Å². The number of hydrogen-bond acceptors (Lipinski definition) is 4. The summed E-state index contributed by atoms with van der Waals surface area (Å²) in [5, 5.41) is 4.24. The summed E-state index contributed by atoms with van der Waals surface area (Å²) in [7, 11) is 3.88. The number of nitrogens with zero attached hydrogens (tertiary/aromatic N) is 4. The van der Waals surface area contributed by atoms with Crippen LogP contribution in [0.4, 0.5) is 0 Å². The molecule has 116 valence electrons. The van der Waals surface area contributed by atoms with Gasteiger partial charge in [-0.15, -0.1) is 11.8 Å². The van der Waals surface area contributed by atoms with Crippen LogP contribution in [0.5, 0.6) is 0 Å². The lowest BCUT2D eigenvalue weighted by Gasteiger charge is -2.24. The molecule has 0 bridgehead atoms. The molecule has 1 aromatic carbocycles. The first kappa shape index (κ1) is 15.1. The number of likely N-dealkylation sites (N-methyl/N-ethyl adjacent to an activating group) is 2. The second-order valence-electron chi connectivity index (χ2n) is 5.59. The van der Waals surface area contributed by atoms with Gasteiger partial charge in [-0.3, -0.25) is 9.69 Å². The van der Waals surface area contributed by atoms with Crippen LogP contribution in [0.3, 0.4) is 0 Å². The number of amides is 1. The third-order valence-corrected chi connectivity index (χ3v) is 5.00. The minimum absolute atomic E-state index is 0.00398. The summed E-state index contributed by atoms with van der Waals surface area (Å²) in [6.45, 7) is 0.614. The van der Waals surface area contributed by atoms with Gasteiger partial charge in [0.25, 0.3) is 0 Å². The molecule has 2 heterocycles. The standard InChI is InChI=1S/C16H20N4OS/c1-18(16(21)15-11-22-12-19(15)2)10-13-5-3-6-14(9-13)20-8-4-7-17-20/h3-9,15H,10-12H2,1-2H3/t15-/m0/s1. The Morgan fingerprint density at radius 1 is 1.45 bits per heavy atom. The molecule has 5 nitrogen and oxygen atoms in total. The highest BCUT2D eigenvalue weighted by Crippen LogP contribution is 2.21. The van der Waals surface area contributed by atoms with Gasteiger partial charge in [0, 0.05) is 37.6 Å². The lowest BCUT2D eigenvalue weighted by molar-refractivity contribution is -0.134. The van der Waals surface area contributed by atoms with Gasteiger partial charge in [-0.1, -0.05) is 12.1 Å². The third kappa shape index (κ3) is 3.18. The molecule has 0 aliphatic carbocycles. The average molecular weight is 316 g/mol. The molecule has 1 atom stereocenters. The number of aromatic nitrogens is 2. The summed E-state index contributed by atoms with van der Waals surface area (Å²) in [6, 6.07) is 10.0. The van der Waals surface area contributed by atoms with Gasteiger partial charge in [0.1, 0.15) is 0 Å². The summed E-state index contributed by atoms with van der Waals surface area (Å²) >= 11 is 1.81. The number of carbonyl (C=O) groups is 1. The first-order valence-corrected chi connectivity index (χ1v) is 8.42. The van der Waals surface area contributed by atoms with E-state index in [1.165, 1.54) is 0 Å². The number of thioether (sulfide) groups is 1. The summed E-state index contributed by atoms with van der Waals surface area (Å²) in [5.41, 5.74) is 2.12. The van der Waals surface area contributed by atoms with Gasteiger partial charge < -0.3 is 4.90 Å². The zero-order chi connectivity index (χ0) is 15.5. The summed E-state index contributed by atoms with van der Waals surface area (Å²) < 4.78 is 1.83. The molecule has 0 unspecified atom stereocenters. The SMILES string of the molecule is CN(Cc1cccc(-n2cccn2)c1)C(=O)[C@@H]1CSCN1C. The largest absolute Gasteiger partial charge is 0.340 e. The minimum atomic E-state index is 0.00398. The van der Waals surface area contributed by atoms with Crippen molar-refractivity contribution in [1.82, 2.24) is 19.6 Å². The summed E-state index contributed by atoms with van der Waals surface area (Å²) in [5.74, 6) is 2.00. The van der Waals surface area contributed by atoms with Crippen molar-refractivity contribution >= 4 is 17.7 Å². The van der Waals surface area contributed by atoms with Crippen LogP contribution in [-0.4, -0.2) is 57.3 Å². The summed E-state index contributed by atoms with van der Waals surface area (Å²) in [6.07, 6.45) is 3.68. The van der Waals surface area contributed by atoms with Crippen LogP contribution in [0.15, 0.2) is 42.7 Å². The van der Waals surface area contributed by atoms with Crippen LogP contribution in [0.1, 0.15) is 5.56 Å². The summed E-state index contributed by atoms with van der Waals surface area (Å²) in [4.78, 5) is 16.5. The van der Waals surface area contributed by atoms with E-state index in [1.54, 1.807) is 6.20 Å². The molecule has 1 saturated heterocycles. The highest BCUT2D eigenvalue weighted by atomic mass is 32.2. The van der Waals surface area contributed by atoms with Crippen LogP contribution in [-0.2, 0) is 11.3 Å². The van der Waals surface area contributed by atoms with Crippen LogP contribution in [0, 0.1) is 0 Å². The number of benzene rings is 1. The van der Waals surface area contributed by atoms with Crippen molar-refractivity contribution in [1.29, 1.82) is 0 Å². The maximum atomic E-state index is 12.5. The van der Waals surface area contributed by atoms with Gasteiger partial charge in [-0.25, -0.2) is 4.68 Å². The second-order valence-corrected chi connectivity index (χ2v) is 6.59. The van der Waals surface area contributed by atoms with E-state index >= 15 is 0 Å². The van der Waals surface area contributed by atoms with E-state index in [0.717, 1.165) is 22.9 Å². The second kappa shape index (κ2) is 6.54. The molecule has 6 heteroatoms. The molecule has 1 fully saturated rings. The molecule has 0 N–H and O–H groups in total. The molecular weight excluding hydrogens is 296 g/mol. The highest BCUT2D eigenvalue weighted by molar-refractivity contribution is 7.99. The zero-order valence-electron chi connectivity index (χ0n) is 12.8. The number of hydrogen-bond donors (Lipinski definition) is 0. The molecule has 1 aromatic heterocycles. The van der Waals surface area contributed by atoms with Crippen LogP contribution >= 0.6 is 11.8 Å². The maximum Gasteiger partial charge on any atom is 0.240 e. The minimum Gasteiger partial charge on any atom is -0.340 e. The van der Waals surface area contributed by atoms with E-state index in [9.17, 15) is 4.79 Å². The maximum absolute atomic E-state index is 12.5. The van der Waals surface area contributed by atoms with E-state index in [2.05, 4.69) is 16.1 Å². The fourth-order valence-corrected chi connectivity index (χ4v) is 3.80. The lowest BCUT2D eigenvalue weighted by Crippen LogP contribution is -2.43. The first-order chi connectivity index (χ1) is 10.6. The van der Waals surface area contributed by atoms with Crippen molar-refractivity contribution in [3.8, 4) is 5.69 Å². The Morgan fingerprint density at radius 3 is 3.00 bits per heavy atom. The van der Waals surface area contributed by atoms with Crippen molar-refractivity contribution in [3.63, 3.8) is 0 Å². The molecule has 0 saturated carbocycles. The Kier molecular flexibility index (Phi) is 4.49. The third-order valence-electron chi connectivity index (χ3n) is 3.86. The van der Waals surface area contributed by atoms with E-state index in [0.29, 0.717) is 6.54 Å². The fourth-order valence-electron chi connectivity index (χ4n) is 2.61. The lowest BCUT2D eigenvalue weighted by atomic mass is 10.1. The van der Waals surface area contributed by atoms with Crippen LogP contribution < -0.4 is 0 Å². The quantitative estimate of drug-likeness (QED) is 0.863. The average Bonchev–Trinajstić information content (AvgIpc) is 3.18. The molecule has 0 spiro atoms. The Labute approximate surface area is 134 Å². The Hall–Kier alpha value is -1.79. The Morgan fingerprint density at radius 2 is 2.32 bits per heavy atom. The molecule has 1 aliphatic rings. The monoisotopic (exact) mass is 316 g/mol. The number of carbonyl (C=O) groups excluding carboxylic acids is 1. The van der Waals surface area contributed by atoms with Crippen LogP contribution in [0.2, 0.25) is 0 Å². The van der Waals surface area contributed by atoms with Gasteiger partial charge in [-0.05, 0) is 30.8 Å². The van der Waals surface area contributed by atoms with Gasteiger partial charge in [0.05, 0.1) is 11.7 Å². The predicted molar refractivity (Wildman–Crippen MR) is 88.9 cm³/mol. The van der Waals surface area contributed by atoms with Crippen molar-refractivity contribution in [2.75, 3.05) is 25.7 Å². The van der Waals surface area contributed by atoms with Crippen LogP contribution in [0.25, 0.3) is 5.69 Å². The molecule has 1 aliphatic heterocycles. The highest BCUT2D eigenvalue weighted by Gasteiger charge is 2.30. The Balaban J connectivity index is 1.70. The van der Waals surface area contributed by atoms with E-state index in [-0.39, 0.29) is 11.9 Å².